The molecule has 0 aliphatic rings. The molecule has 0 heterocycles. The van der Waals surface area contributed by atoms with E-state index in [0.717, 1.165) is 5.06 Å². The Morgan fingerprint density at radius 2 is 1.85 bits per heavy atom. The van der Waals surface area contributed by atoms with Crippen molar-refractivity contribution in [1.29, 1.82) is 0 Å². The molecule has 0 rings (SSSR count). The van der Waals surface area contributed by atoms with Gasteiger partial charge in [-0.25, -0.2) is 4.79 Å². The monoisotopic (exact) mass is 284 g/mol. The number of hydrogen-bond acceptors (Lipinski definition) is 4. The molecule has 0 fully saturated rings. The minimum Gasteiger partial charge on any atom is -0.356 e. The topological polar surface area (TPSA) is 75.7 Å². The minimum absolute atomic E-state index is 0.135. The van der Waals surface area contributed by atoms with Gasteiger partial charge in [-0.15, -0.1) is 0 Å². The highest BCUT2D eigenvalue weighted by Gasteiger charge is 2.19. The standard InChI is InChI=1S/C14H24N2O4/c1-10(2)9-13(18)16(20-14(19)11(3)4)8-6-7-15-12(5)17/h10H,3,6-9H2,1-2,4-5H3,(H,15,17). The molecule has 114 valence electrons. The van der Waals surface area contributed by atoms with Crippen molar-refractivity contribution in [2.24, 2.45) is 5.92 Å². The molecule has 0 spiro atoms. The Morgan fingerprint density at radius 1 is 1.25 bits per heavy atom. The van der Waals surface area contributed by atoms with Crippen molar-refractivity contribution >= 4 is 17.8 Å². The predicted octanol–water partition coefficient (Wildman–Crippen LogP) is 1.42. The van der Waals surface area contributed by atoms with E-state index >= 15 is 0 Å². The molecule has 0 aromatic rings. The highest BCUT2D eigenvalue weighted by molar-refractivity contribution is 5.88. The first kappa shape index (κ1) is 18.1. The maximum Gasteiger partial charge on any atom is 0.358 e. The first-order chi connectivity index (χ1) is 9.23. The lowest BCUT2D eigenvalue weighted by molar-refractivity contribution is -0.195. The fourth-order valence-corrected chi connectivity index (χ4v) is 1.34. The van der Waals surface area contributed by atoms with Crippen LogP contribution in [0.2, 0.25) is 0 Å². The van der Waals surface area contributed by atoms with Crippen LogP contribution in [0, 0.1) is 5.92 Å². The highest BCUT2D eigenvalue weighted by Crippen LogP contribution is 2.07. The quantitative estimate of drug-likeness (QED) is 0.436. The molecule has 0 aliphatic heterocycles. The van der Waals surface area contributed by atoms with Gasteiger partial charge in [-0.3, -0.25) is 9.59 Å². The van der Waals surface area contributed by atoms with E-state index in [0.29, 0.717) is 19.4 Å². The van der Waals surface area contributed by atoms with Gasteiger partial charge in [-0.1, -0.05) is 20.4 Å². The molecule has 0 saturated heterocycles. The molecule has 6 nitrogen and oxygen atoms in total. The zero-order valence-corrected chi connectivity index (χ0v) is 12.7. The number of rotatable bonds is 7. The van der Waals surface area contributed by atoms with Crippen molar-refractivity contribution in [3.8, 4) is 0 Å². The van der Waals surface area contributed by atoms with E-state index in [9.17, 15) is 14.4 Å². The third kappa shape index (κ3) is 8.29. The predicted molar refractivity (Wildman–Crippen MR) is 75.4 cm³/mol. The van der Waals surface area contributed by atoms with Crippen molar-refractivity contribution in [2.45, 2.75) is 40.5 Å². The lowest BCUT2D eigenvalue weighted by atomic mass is 10.1. The van der Waals surface area contributed by atoms with E-state index in [-0.39, 0.29) is 29.9 Å². The Morgan fingerprint density at radius 3 is 2.30 bits per heavy atom. The lowest BCUT2D eigenvalue weighted by Gasteiger charge is -2.22. The molecular weight excluding hydrogens is 260 g/mol. The fraction of sp³-hybridized carbons (Fsp3) is 0.643. The summed E-state index contributed by atoms with van der Waals surface area (Å²) in [4.78, 5) is 39.2. The summed E-state index contributed by atoms with van der Waals surface area (Å²) in [6, 6.07) is 0. The fourth-order valence-electron chi connectivity index (χ4n) is 1.34. The second kappa shape index (κ2) is 9.12. The van der Waals surface area contributed by atoms with Gasteiger partial charge in [-0.2, -0.15) is 5.06 Å². The summed E-state index contributed by atoms with van der Waals surface area (Å²) in [6.07, 6.45) is 0.802. The summed E-state index contributed by atoms with van der Waals surface area (Å²) in [5.41, 5.74) is 0.231. The Labute approximate surface area is 120 Å². The van der Waals surface area contributed by atoms with Gasteiger partial charge >= 0.3 is 5.97 Å². The first-order valence-electron chi connectivity index (χ1n) is 6.66. The number of amides is 2. The maximum atomic E-state index is 12.0. The van der Waals surface area contributed by atoms with Crippen LogP contribution in [0.4, 0.5) is 0 Å². The first-order valence-corrected chi connectivity index (χ1v) is 6.66. The molecule has 0 saturated carbocycles. The van der Waals surface area contributed by atoms with Crippen molar-refractivity contribution < 1.29 is 19.2 Å². The van der Waals surface area contributed by atoms with Crippen LogP contribution in [0.5, 0.6) is 0 Å². The molecule has 2 amide bonds. The molecule has 0 bridgehead atoms. The van der Waals surface area contributed by atoms with E-state index in [1.54, 1.807) is 0 Å². The summed E-state index contributed by atoms with van der Waals surface area (Å²) in [5, 5.41) is 3.68. The Bertz CT molecular complexity index is 377. The van der Waals surface area contributed by atoms with Gasteiger partial charge in [-0.05, 0) is 19.3 Å². The SMILES string of the molecule is C=C(C)C(=O)ON(CCCNC(C)=O)C(=O)CC(C)C. The molecule has 0 aromatic heterocycles. The van der Waals surface area contributed by atoms with Crippen LogP contribution in [0.3, 0.4) is 0 Å². The molecule has 6 heteroatoms. The van der Waals surface area contributed by atoms with Gasteiger partial charge in [0, 0.05) is 25.5 Å². The summed E-state index contributed by atoms with van der Waals surface area (Å²) >= 11 is 0. The van der Waals surface area contributed by atoms with Crippen LogP contribution in [0.15, 0.2) is 12.2 Å². The smallest absolute Gasteiger partial charge is 0.356 e. The maximum absolute atomic E-state index is 12.0. The Kier molecular flexibility index (Phi) is 8.27. The number of hydrogen-bond donors (Lipinski definition) is 1. The largest absolute Gasteiger partial charge is 0.358 e. The van der Waals surface area contributed by atoms with Crippen LogP contribution in [0.25, 0.3) is 0 Å². The van der Waals surface area contributed by atoms with Gasteiger partial charge in [0.15, 0.2) is 0 Å². The van der Waals surface area contributed by atoms with Gasteiger partial charge in [0.1, 0.15) is 0 Å². The summed E-state index contributed by atoms with van der Waals surface area (Å²) in [5.74, 6) is -0.841. The van der Waals surface area contributed by atoms with Crippen LogP contribution in [0.1, 0.15) is 40.5 Å². The van der Waals surface area contributed by atoms with E-state index in [2.05, 4.69) is 11.9 Å². The van der Waals surface area contributed by atoms with Crippen molar-refractivity contribution in [3.05, 3.63) is 12.2 Å². The molecule has 20 heavy (non-hydrogen) atoms. The third-order valence-electron chi connectivity index (χ3n) is 2.31. The highest BCUT2D eigenvalue weighted by atomic mass is 16.7. The number of carbonyl (C=O) groups is 3. The van der Waals surface area contributed by atoms with Crippen molar-refractivity contribution in [1.82, 2.24) is 10.4 Å². The minimum atomic E-state index is -0.623. The number of nitrogens with one attached hydrogen (secondary N) is 1. The molecule has 1 N–H and O–H groups in total. The summed E-state index contributed by atoms with van der Waals surface area (Å²) in [6.45, 7) is 10.9. The number of carbonyl (C=O) groups excluding carboxylic acids is 3. The van der Waals surface area contributed by atoms with Crippen LogP contribution in [-0.4, -0.2) is 35.9 Å². The number of hydroxylamine groups is 2. The normalized spacial score (nSPS) is 10.1. The van der Waals surface area contributed by atoms with Crippen molar-refractivity contribution in [3.63, 3.8) is 0 Å². The van der Waals surface area contributed by atoms with E-state index < -0.39 is 5.97 Å². The molecule has 0 unspecified atom stereocenters. The third-order valence-corrected chi connectivity index (χ3v) is 2.31. The number of nitrogens with zero attached hydrogens (tertiary/aromatic N) is 1. The summed E-state index contributed by atoms with van der Waals surface area (Å²) < 4.78 is 0. The van der Waals surface area contributed by atoms with Gasteiger partial charge in [0.05, 0.1) is 6.54 Å². The lowest BCUT2D eigenvalue weighted by Crippen LogP contribution is -2.36. The van der Waals surface area contributed by atoms with Crippen LogP contribution in [-0.2, 0) is 19.2 Å². The zero-order chi connectivity index (χ0) is 15.7. The average molecular weight is 284 g/mol. The van der Waals surface area contributed by atoms with Gasteiger partial charge in [0.2, 0.25) is 5.91 Å². The van der Waals surface area contributed by atoms with Crippen LogP contribution >= 0.6 is 0 Å². The second-order valence-corrected chi connectivity index (χ2v) is 5.09. The van der Waals surface area contributed by atoms with Crippen molar-refractivity contribution in [2.75, 3.05) is 13.1 Å². The van der Waals surface area contributed by atoms with Crippen LogP contribution < -0.4 is 5.32 Å². The molecule has 0 atom stereocenters. The van der Waals surface area contributed by atoms with Gasteiger partial charge < -0.3 is 10.2 Å². The zero-order valence-electron chi connectivity index (χ0n) is 12.7. The average Bonchev–Trinajstić information content (AvgIpc) is 2.31. The van der Waals surface area contributed by atoms with E-state index in [1.165, 1.54) is 13.8 Å². The second-order valence-electron chi connectivity index (χ2n) is 5.09. The van der Waals surface area contributed by atoms with E-state index in [4.69, 9.17) is 4.84 Å². The molecular formula is C14H24N2O4. The Hall–Kier alpha value is -1.85. The Balaban J connectivity index is 4.46. The molecule has 0 radical (unpaired) electrons. The molecule has 0 aliphatic carbocycles. The van der Waals surface area contributed by atoms with E-state index in [1.807, 2.05) is 13.8 Å². The summed E-state index contributed by atoms with van der Waals surface area (Å²) in [7, 11) is 0. The molecule has 0 aromatic carbocycles. The van der Waals surface area contributed by atoms with Gasteiger partial charge in [0.25, 0.3) is 5.91 Å².